The second kappa shape index (κ2) is 7.23. The van der Waals surface area contributed by atoms with Gasteiger partial charge in [-0.15, -0.1) is 0 Å². The average molecular weight is 352 g/mol. The smallest absolute Gasteiger partial charge is 0.335 e. The molecule has 0 aliphatic heterocycles. The van der Waals surface area contributed by atoms with Gasteiger partial charge in [0.2, 0.25) is 0 Å². The van der Waals surface area contributed by atoms with E-state index in [2.05, 4.69) is 10.3 Å². The fourth-order valence-corrected chi connectivity index (χ4v) is 2.75. The van der Waals surface area contributed by atoms with Crippen LogP contribution in [0.3, 0.4) is 0 Å². The Morgan fingerprint density at radius 2 is 2.00 bits per heavy atom. The maximum Gasteiger partial charge on any atom is 0.335 e. The maximum atomic E-state index is 13.9. The van der Waals surface area contributed by atoms with Crippen molar-refractivity contribution in [2.45, 2.75) is 6.92 Å². The molecule has 0 spiro atoms. The van der Waals surface area contributed by atoms with Gasteiger partial charge in [0.05, 0.1) is 16.8 Å². The van der Waals surface area contributed by atoms with E-state index in [4.69, 9.17) is 5.11 Å². The van der Waals surface area contributed by atoms with Gasteiger partial charge in [-0.25, -0.2) is 9.18 Å². The van der Waals surface area contributed by atoms with Crippen molar-refractivity contribution in [1.29, 1.82) is 0 Å². The summed E-state index contributed by atoms with van der Waals surface area (Å²) in [5.41, 5.74) is 2.41. The summed E-state index contributed by atoms with van der Waals surface area (Å²) in [5.74, 6) is -1.79. The van der Waals surface area contributed by atoms with Gasteiger partial charge in [-0.2, -0.15) is 0 Å². The zero-order valence-corrected chi connectivity index (χ0v) is 14.0. The molecule has 0 bridgehead atoms. The number of carbonyl (C=O) groups excluding carboxylic acids is 1. The lowest BCUT2D eigenvalue weighted by atomic mass is 10.1. The third kappa shape index (κ3) is 3.49. The molecule has 0 amide bonds. The monoisotopic (exact) mass is 352 g/mol. The van der Waals surface area contributed by atoms with E-state index >= 15 is 0 Å². The maximum absolute atomic E-state index is 13.9. The number of aromatic carboxylic acids is 1. The highest BCUT2D eigenvalue weighted by atomic mass is 19.1. The highest BCUT2D eigenvalue weighted by Gasteiger charge is 2.10. The first kappa shape index (κ1) is 17.4. The van der Waals surface area contributed by atoms with Crippen LogP contribution >= 0.6 is 0 Å². The Bertz CT molecular complexity index is 1020. The number of nitrogens with one attached hydrogen (secondary N) is 2. The van der Waals surface area contributed by atoms with Gasteiger partial charge in [-0.3, -0.25) is 4.79 Å². The van der Waals surface area contributed by atoms with Crippen molar-refractivity contribution in [1.82, 2.24) is 4.98 Å². The summed E-state index contributed by atoms with van der Waals surface area (Å²) in [7, 11) is 0. The summed E-state index contributed by atoms with van der Waals surface area (Å²) in [6, 6.07) is 8.65. The molecular formula is C20H17FN2O3. The van der Waals surface area contributed by atoms with Crippen LogP contribution in [0.25, 0.3) is 17.0 Å². The fourth-order valence-electron chi connectivity index (χ4n) is 2.75. The fraction of sp³-hybridized carbons (Fsp3) is 0.100. The Morgan fingerprint density at radius 1 is 1.23 bits per heavy atom. The zero-order valence-electron chi connectivity index (χ0n) is 14.0. The van der Waals surface area contributed by atoms with E-state index < -0.39 is 5.97 Å². The Balaban J connectivity index is 1.92. The van der Waals surface area contributed by atoms with Gasteiger partial charge in [0.15, 0.2) is 5.78 Å². The number of allylic oxidation sites excluding steroid dienone is 1. The number of hydrogen-bond acceptors (Lipinski definition) is 3. The van der Waals surface area contributed by atoms with E-state index in [0.717, 1.165) is 5.52 Å². The number of aromatic amines is 1. The lowest BCUT2D eigenvalue weighted by Gasteiger charge is -2.05. The second-order valence-electron chi connectivity index (χ2n) is 5.73. The summed E-state index contributed by atoms with van der Waals surface area (Å²) in [4.78, 5) is 26.4. The first-order chi connectivity index (χ1) is 12.5. The molecule has 0 fully saturated rings. The predicted octanol–water partition coefficient (Wildman–Crippen LogP) is 4.33. The van der Waals surface area contributed by atoms with Crippen LogP contribution in [0.2, 0.25) is 0 Å². The number of H-pyrrole nitrogens is 1. The van der Waals surface area contributed by atoms with Crippen molar-refractivity contribution in [2.75, 3.05) is 11.9 Å². The van der Waals surface area contributed by atoms with Crippen LogP contribution in [0.1, 0.15) is 33.2 Å². The molecule has 0 aliphatic rings. The number of benzene rings is 2. The van der Waals surface area contributed by atoms with E-state index in [1.807, 2.05) is 6.92 Å². The number of carbonyl (C=O) groups is 2. The molecule has 1 aromatic heterocycles. The van der Waals surface area contributed by atoms with Crippen LogP contribution in [0.15, 0.2) is 48.7 Å². The third-order valence-corrected chi connectivity index (χ3v) is 3.96. The SMILES string of the molecule is CCNc1cc(F)cc2c(C=CC(=O)c3cccc(C(=O)O)c3)c[nH]c12. The zero-order chi connectivity index (χ0) is 18.7. The molecular weight excluding hydrogens is 335 g/mol. The molecule has 0 unspecified atom stereocenters. The van der Waals surface area contributed by atoms with Gasteiger partial charge in [-0.05, 0) is 43.3 Å². The van der Waals surface area contributed by atoms with Crippen LogP contribution in [0, 0.1) is 5.82 Å². The molecule has 2 aromatic carbocycles. The van der Waals surface area contributed by atoms with E-state index in [9.17, 15) is 14.0 Å². The lowest BCUT2D eigenvalue weighted by molar-refractivity contribution is 0.0697. The number of aromatic nitrogens is 1. The lowest BCUT2D eigenvalue weighted by Crippen LogP contribution is -2.00. The Kier molecular flexibility index (Phi) is 4.84. The molecule has 26 heavy (non-hydrogen) atoms. The normalized spacial score (nSPS) is 11.2. The largest absolute Gasteiger partial charge is 0.478 e. The number of carboxylic acid groups (broad SMARTS) is 1. The minimum absolute atomic E-state index is 0.0497. The Hall–Kier alpha value is -3.41. The standard InChI is InChI=1S/C20H17FN2O3/c1-2-22-17-10-15(21)9-16-14(11-23-19(16)17)6-7-18(24)12-4-3-5-13(8-12)20(25)26/h3-11,22-23H,2H2,1H3,(H,25,26). The average Bonchev–Trinajstić information content (AvgIpc) is 3.03. The third-order valence-electron chi connectivity index (χ3n) is 3.96. The summed E-state index contributed by atoms with van der Waals surface area (Å²) >= 11 is 0. The molecule has 5 nitrogen and oxygen atoms in total. The van der Waals surface area contributed by atoms with Crippen LogP contribution < -0.4 is 5.32 Å². The molecule has 0 saturated carbocycles. The predicted molar refractivity (Wildman–Crippen MR) is 99.2 cm³/mol. The molecule has 0 atom stereocenters. The van der Waals surface area contributed by atoms with Gasteiger partial charge >= 0.3 is 5.97 Å². The number of hydrogen-bond donors (Lipinski definition) is 3. The topological polar surface area (TPSA) is 82.2 Å². The number of anilines is 1. The van der Waals surface area contributed by atoms with E-state index in [0.29, 0.717) is 23.2 Å². The van der Waals surface area contributed by atoms with Crippen LogP contribution in [-0.4, -0.2) is 28.4 Å². The molecule has 0 aliphatic carbocycles. The van der Waals surface area contributed by atoms with Gasteiger partial charge in [0.1, 0.15) is 5.82 Å². The van der Waals surface area contributed by atoms with Gasteiger partial charge < -0.3 is 15.4 Å². The highest BCUT2D eigenvalue weighted by Crippen LogP contribution is 2.28. The second-order valence-corrected chi connectivity index (χ2v) is 5.73. The Labute approximate surface area is 149 Å². The van der Waals surface area contributed by atoms with Crippen LogP contribution in [0.4, 0.5) is 10.1 Å². The minimum atomic E-state index is -1.09. The van der Waals surface area contributed by atoms with Gasteiger partial charge in [-0.1, -0.05) is 12.1 Å². The quantitative estimate of drug-likeness (QED) is 0.455. The molecule has 3 aromatic rings. The van der Waals surface area contributed by atoms with Crippen molar-refractivity contribution in [3.63, 3.8) is 0 Å². The van der Waals surface area contributed by atoms with Gasteiger partial charge in [0.25, 0.3) is 0 Å². The van der Waals surface area contributed by atoms with Crippen molar-refractivity contribution >= 4 is 34.4 Å². The molecule has 0 radical (unpaired) electrons. The highest BCUT2D eigenvalue weighted by molar-refractivity contribution is 6.09. The van der Waals surface area contributed by atoms with Crippen LogP contribution in [-0.2, 0) is 0 Å². The molecule has 6 heteroatoms. The molecule has 0 saturated heterocycles. The van der Waals surface area contributed by atoms with E-state index in [1.54, 1.807) is 18.3 Å². The van der Waals surface area contributed by atoms with E-state index in [-0.39, 0.29) is 22.7 Å². The van der Waals surface area contributed by atoms with E-state index in [1.165, 1.54) is 36.4 Å². The van der Waals surface area contributed by atoms with Gasteiger partial charge in [0, 0.05) is 29.3 Å². The number of halogens is 1. The first-order valence-electron chi connectivity index (χ1n) is 8.10. The number of rotatable bonds is 6. The minimum Gasteiger partial charge on any atom is -0.478 e. The number of carboxylic acids is 1. The van der Waals surface area contributed by atoms with Crippen LogP contribution in [0.5, 0.6) is 0 Å². The first-order valence-corrected chi connectivity index (χ1v) is 8.10. The molecule has 3 N–H and O–H groups in total. The van der Waals surface area contributed by atoms with Crippen molar-refractivity contribution in [3.05, 3.63) is 71.2 Å². The molecule has 1 heterocycles. The molecule has 132 valence electrons. The summed E-state index contributed by atoms with van der Waals surface area (Å²) in [5, 5.41) is 12.8. The number of ketones is 1. The van der Waals surface area contributed by atoms with Crippen molar-refractivity contribution < 1.29 is 19.1 Å². The van der Waals surface area contributed by atoms with Crippen molar-refractivity contribution in [3.8, 4) is 0 Å². The Morgan fingerprint density at radius 3 is 2.73 bits per heavy atom. The summed E-state index contributed by atoms with van der Waals surface area (Å²) in [6.07, 6.45) is 4.63. The molecule has 3 rings (SSSR count). The van der Waals surface area contributed by atoms with Crippen molar-refractivity contribution in [2.24, 2.45) is 0 Å². The summed E-state index contributed by atoms with van der Waals surface area (Å²) < 4.78 is 13.9. The summed E-state index contributed by atoms with van der Waals surface area (Å²) in [6.45, 7) is 2.57. The number of fused-ring (bicyclic) bond motifs is 1.